The van der Waals surface area contributed by atoms with Crippen molar-refractivity contribution in [3.63, 3.8) is 0 Å². The Kier molecular flexibility index (Phi) is 3.57. The van der Waals surface area contributed by atoms with E-state index in [4.69, 9.17) is 0 Å². The molecule has 23 heavy (non-hydrogen) atoms. The Balaban J connectivity index is 2.18. The lowest BCUT2D eigenvalue weighted by Gasteiger charge is -2.07. The van der Waals surface area contributed by atoms with E-state index in [2.05, 4.69) is 4.99 Å². The van der Waals surface area contributed by atoms with Gasteiger partial charge >= 0.3 is 5.69 Å². The maximum Gasteiger partial charge on any atom is 0.333 e. The second kappa shape index (κ2) is 5.57. The zero-order valence-corrected chi connectivity index (χ0v) is 12.7. The zero-order valence-electron chi connectivity index (χ0n) is 12.7. The Morgan fingerprint density at radius 3 is 2.48 bits per heavy atom. The van der Waals surface area contributed by atoms with Crippen LogP contribution in [0, 0.1) is 0 Å². The molecule has 0 amide bonds. The highest BCUT2D eigenvalue weighted by Gasteiger charge is 2.12. The molecule has 0 aliphatic carbocycles. The Morgan fingerprint density at radius 1 is 1.00 bits per heavy atom. The number of aliphatic imine (C=N–C) groups is 1. The number of fused-ring (bicyclic) bond motifs is 1. The van der Waals surface area contributed by atoms with Gasteiger partial charge in [-0.25, -0.2) is 4.79 Å². The maximum absolute atomic E-state index is 12.1. The van der Waals surface area contributed by atoms with Crippen molar-refractivity contribution in [2.24, 2.45) is 19.1 Å². The average molecular weight is 309 g/mol. The molecular weight excluding hydrogens is 294 g/mol. The van der Waals surface area contributed by atoms with E-state index in [-0.39, 0.29) is 5.56 Å². The van der Waals surface area contributed by atoms with Crippen molar-refractivity contribution in [3.05, 3.63) is 68.9 Å². The van der Waals surface area contributed by atoms with Gasteiger partial charge in [0.1, 0.15) is 5.56 Å². The molecule has 0 saturated carbocycles. The van der Waals surface area contributed by atoms with Gasteiger partial charge in [-0.05, 0) is 11.5 Å². The lowest BCUT2D eigenvalue weighted by molar-refractivity contribution is 0.410. The van der Waals surface area contributed by atoms with Gasteiger partial charge in [-0.3, -0.25) is 18.9 Å². The summed E-state index contributed by atoms with van der Waals surface area (Å²) in [6.07, 6.45) is 1.29. The highest BCUT2D eigenvalue weighted by molar-refractivity contribution is 5.95. The first-order chi connectivity index (χ1) is 11.0. The van der Waals surface area contributed by atoms with Gasteiger partial charge in [0.2, 0.25) is 5.88 Å². The molecule has 0 unspecified atom stereocenters. The predicted molar refractivity (Wildman–Crippen MR) is 89.8 cm³/mol. The van der Waals surface area contributed by atoms with E-state index in [1.54, 1.807) is 0 Å². The van der Waals surface area contributed by atoms with Gasteiger partial charge in [0.25, 0.3) is 5.56 Å². The van der Waals surface area contributed by atoms with Crippen LogP contribution in [-0.2, 0) is 14.1 Å². The molecule has 0 spiro atoms. The summed E-state index contributed by atoms with van der Waals surface area (Å²) in [6.45, 7) is 0. The van der Waals surface area contributed by atoms with Crippen LogP contribution in [0.5, 0.6) is 5.88 Å². The molecule has 0 bridgehead atoms. The molecule has 0 atom stereocenters. The third-order valence-corrected chi connectivity index (χ3v) is 3.77. The smallest absolute Gasteiger partial charge is 0.333 e. The normalized spacial score (nSPS) is 11.4. The van der Waals surface area contributed by atoms with E-state index >= 15 is 0 Å². The number of aromatic hydroxyl groups is 1. The Morgan fingerprint density at radius 2 is 1.70 bits per heavy atom. The third-order valence-electron chi connectivity index (χ3n) is 3.77. The number of hydrogen-bond acceptors (Lipinski definition) is 4. The lowest BCUT2D eigenvalue weighted by atomic mass is 10.1. The summed E-state index contributed by atoms with van der Waals surface area (Å²) in [4.78, 5) is 28.2. The SMILES string of the molecule is Cn1c(O)c(C=Nc2cccc3ccccc23)c(=O)n(C)c1=O. The largest absolute Gasteiger partial charge is 0.494 e. The van der Waals surface area contributed by atoms with Crippen molar-refractivity contribution in [1.82, 2.24) is 9.13 Å². The zero-order chi connectivity index (χ0) is 16.6. The van der Waals surface area contributed by atoms with Gasteiger partial charge in [-0.15, -0.1) is 0 Å². The second-order valence-corrected chi connectivity index (χ2v) is 5.20. The summed E-state index contributed by atoms with van der Waals surface area (Å²) in [5.74, 6) is -0.401. The topological polar surface area (TPSA) is 76.6 Å². The van der Waals surface area contributed by atoms with Crippen molar-refractivity contribution >= 4 is 22.7 Å². The fraction of sp³-hybridized carbons (Fsp3) is 0.118. The van der Waals surface area contributed by atoms with E-state index in [0.29, 0.717) is 5.69 Å². The van der Waals surface area contributed by atoms with Crippen LogP contribution >= 0.6 is 0 Å². The van der Waals surface area contributed by atoms with Crippen LogP contribution in [0.4, 0.5) is 5.69 Å². The molecule has 1 heterocycles. The van der Waals surface area contributed by atoms with Gasteiger partial charge < -0.3 is 5.11 Å². The van der Waals surface area contributed by atoms with Crippen LogP contribution in [-0.4, -0.2) is 20.5 Å². The van der Waals surface area contributed by atoms with E-state index < -0.39 is 17.1 Å². The quantitative estimate of drug-likeness (QED) is 0.732. The molecule has 0 fully saturated rings. The fourth-order valence-corrected chi connectivity index (χ4v) is 2.43. The summed E-state index contributed by atoms with van der Waals surface area (Å²) in [5.41, 5.74) is -0.523. The van der Waals surface area contributed by atoms with Gasteiger partial charge in [-0.2, -0.15) is 0 Å². The number of nitrogens with zero attached hydrogens (tertiary/aromatic N) is 3. The summed E-state index contributed by atoms with van der Waals surface area (Å²) >= 11 is 0. The first-order valence-corrected chi connectivity index (χ1v) is 7.01. The van der Waals surface area contributed by atoms with E-state index in [1.165, 1.54) is 20.3 Å². The monoisotopic (exact) mass is 309 g/mol. The van der Waals surface area contributed by atoms with Crippen LogP contribution in [0.15, 0.2) is 57.0 Å². The molecule has 6 nitrogen and oxygen atoms in total. The minimum Gasteiger partial charge on any atom is -0.494 e. The summed E-state index contributed by atoms with van der Waals surface area (Å²) in [6, 6.07) is 13.4. The molecular formula is C17H15N3O3. The molecule has 0 saturated heterocycles. The molecule has 1 N–H and O–H groups in total. The summed E-state index contributed by atoms with van der Waals surface area (Å²) in [5, 5.41) is 12.0. The van der Waals surface area contributed by atoms with Gasteiger partial charge in [0, 0.05) is 25.7 Å². The summed E-state index contributed by atoms with van der Waals surface area (Å²) in [7, 11) is 2.76. The van der Waals surface area contributed by atoms with Crippen molar-refractivity contribution in [1.29, 1.82) is 0 Å². The molecule has 116 valence electrons. The Labute approximate surface area is 131 Å². The lowest BCUT2D eigenvalue weighted by Crippen LogP contribution is -2.38. The Hall–Kier alpha value is -3.15. The molecule has 0 radical (unpaired) electrons. The minimum atomic E-state index is -0.588. The van der Waals surface area contributed by atoms with Gasteiger partial charge in [0.15, 0.2) is 0 Å². The number of hydrogen-bond donors (Lipinski definition) is 1. The first-order valence-electron chi connectivity index (χ1n) is 7.01. The van der Waals surface area contributed by atoms with E-state index in [9.17, 15) is 14.7 Å². The van der Waals surface area contributed by atoms with Crippen LogP contribution in [0.1, 0.15) is 5.56 Å². The van der Waals surface area contributed by atoms with Gasteiger partial charge in [0.05, 0.1) is 5.69 Å². The molecule has 3 rings (SSSR count). The van der Waals surface area contributed by atoms with Crippen molar-refractivity contribution in [3.8, 4) is 5.88 Å². The standard InChI is InChI=1S/C17H15N3O3/c1-19-15(21)13(16(22)20(2)17(19)23)10-18-14-9-5-7-11-6-3-4-8-12(11)14/h3-10,21H,1-2H3. The predicted octanol–water partition coefficient (Wildman–Crippen LogP) is 1.69. The molecule has 1 aromatic heterocycles. The fourth-order valence-electron chi connectivity index (χ4n) is 2.43. The molecule has 0 aliphatic heterocycles. The van der Waals surface area contributed by atoms with E-state index in [1.807, 2.05) is 42.5 Å². The van der Waals surface area contributed by atoms with E-state index in [0.717, 1.165) is 19.9 Å². The van der Waals surface area contributed by atoms with Crippen LogP contribution in [0.3, 0.4) is 0 Å². The van der Waals surface area contributed by atoms with Crippen LogP contribution in [0.2, 0.25) is 0 Å². The number of rotatable bonds is 2. The van der Waals surface area contributed by atoms with Crippen molar-refractivity contribution < 1.29 is 5.11 Å². The molecule has 3 aromatic rings. The number of benzene rings is 2. The highest BCUT2D eigenvalue weighted by Crippen LogP contribution is 2.25. The average Bonchev–Trinajstić information content (AvgIpc) is 2.58. The minimum absolute atomic E-state index is 0.0254. The second-order valence-electron chi connectivity index (χ2n) is 5.20. The summed E-state index contributed by atoms with van der Waals surface area (Å²) < 4.78 is 1.94. The maximum atomic E-state index is 12.1. The van der Waals surface area contributed by atoms with Crippen LogP contribution in [0.25, 0.3) is 10.8 Å². The molecule has 6 heteroatoms. The third kappa shape index (κ3) is 2.44. The Bertz CT molecular complexity index is 1040. The first kappa shape index (κ1) is 14.8. The van der Waals surface area contributed by atoms with Crippen LogP contribution < -0.4 is 11.2 Å². The van der Waals surface area contributed by atoms with Crippen molar-refractivity contribution in [2.75, 3.05) is 0 Å². The van der Waals surface area contributed by atoms with Gasteiger partial charge in [-0.1, -0.05) is 36.4 Å². The number of aromatic nitrogens is 2. The molecule has 0 aliphatic rings. The van der Waals surface area contributed by atoms with Crippen molar-refractivity contribution in [2.45, 2.75) is 0 Å². The molecule has 2 aromatic carbocycles. The highest BCUT2D eigenvalue weighted by atomic mass is 16.3.